The van der Waals surface area contributed by atoms with Gasteiger partial charge in [0.25, 0.3) is 0 Å². The van der Waals surface area contributed by atoms with Gasteiger partial charge in [-0.15, -0.1) is 0 Å². The average molecular weight is 697 g/mol. The van der Waals surface area contributed by atoms with Crippen LogP contribution in [0.3, 0.4) is 0 Å². The first-order valence-corrected chi connectivity index (χ1v) is 16.9. The standard InChI is InChI=1S/C24H27O6P.C16H14O3/c1-25-16-10-7-11-17(26-2)22(16)31(23-18(27-3)12-8-13-19(23)28-4)24-20(29-5)14-9-15-21(24)30-6;1-11(16(18)19)13-8-5-9-14(10-13)15(17)12-6-3-2-4-7-12/h7-15H,1-6H3;2-11H,1H3,(H,18,19). The number of ketones is 1. The molecule has 0 bridgehead atoms. The van der Waals surface area contributed by atoms with E-state index in [1.54, 1.807) is 98.1 Å². The second kappa shape index (κ2) is 17.7. The number of hydrogen-bond acceptors (Lipinski definition) is 8. The highest BCUT2D eigenvalue weighted by Gasteiger charge is 2.34. The molecule has 0 saturated carbocycles. The summed E-state index contributed by atoms with van der Waals surface area (Å²) in [5.41, 5.74) is 1.74. The molecule has 9 nitrogen and oxygen atoms in total. The van der Waals surface area contributed by atoms with Crippen molar-refractivity contribution in [3.05, 3.63) is 126 Å². The predicted molar refractivity (Wildman–Crippen MR) is 197 cm³/mol. The van der Waals surface area contributed by atoms with Crippen LogP contribution in [-0.4, -0.2) is 59.5 Å². The van der Waals surface area contributed by atoms with Crippen molar-refractivity contribution in [3.8, 4) is 34.5 Å². The van der Waals surface area contributed by atoms with Crippen molar-refractivity contribution in [2.45, 2.75) is 12.8 Å². The summed E-state index contributed by atoms with van der Waals surface area (Å²) in [5, 5.41) is 11.6. The maximum atomic E-state index is 12.2. The maximum absolute atomic E-state index is 12.2. The third kappa shape index (κ3) is 8.18. The second-order valence-corrected chi connectivity index (χ2v) is 12.8. The molecule has 0 aliphatic rings. The van der Waals surface area contributed by atoms with Crippen LogP contribution in [0.4, 0.5) is 0 Å². The van der Waals surface area contributed by atoms with Crippen molar-refractivity contribution < 1.29 is 43.1 Å². The Morgan fingerprint density at radius 3 is 1.18 bits per heavy atom. The van der Waals surface area contributed by atoms with Crippen LogP contribution >= 0.6 is 7.92 Å². The lowest BCUT2D eigenvalue weighted by Gasteiger charge is -2.28. The van der Waals surface area contributed by atoms with Crippen LogP contribution in [0, 0.1) is 0 Å². The van der Waals surface area contributed by atoms with E-state index in [1.807, 2.05) is 60.7 Å². The molecule has 0 radical (unpaired) electrons. The van der Waals surface area contributed by atoms with Gasteiger partial charge < -0.3 is 33.5 Å². The van der Waals surface area contributed by atoms with Crippen LogP contribution in [0.25, 0.3) is 0 Å². The number of carboxylic acid groups (broad SMARTS) is 1. The number of benzene rings is 5. The van der Waals surface area contributed by atoms with E-state index in [4.69, 9.17) is 33.5 Å². The Balaban J connectivity index is 0.000000252. The van der Waals surface area contributed by atoms with Crippen molar-refractivity contribution in [1.82, 2.24) is 0 Å². The van der Waals surface area contributed by atoms with Gasteiger partial charge in [-0.3, -0.25) is 9.59 Å². The van der Waals surface area contributed by atoms with Gasteiger partial charge in [-0.1, -0.05) is 66.7 Å². The topological polar surface area (TPSA) is 110 Å². The molecule has 50 heavy (non-hydrogen) atoms. The van der Waals surface area contributed by atoms with Crippen LogP contribution in [0.1, 0.15) is 34.3 Å². The van der Waals surface area contributed by atoms with Crippen molar-refractivity contribution in [2.24, 2.45) is 0 Å². The summed E-state index contributed by atoms with van der Waals surface area (Å²) < 4.78 is 34.7. The molecular formula is C40H41O9P. The monoisotopic (exact) mass is 696 g/mol. The van der Waals surface area contributed by atoms with Crippen LogP contribution < -0.4 is 44.3 Å². The number of carbonyl (C=O) groups excluding carboxylic acids is 1. The molecule has 0 spiro atoms. The minimum Gasteiger partial charge on any atom is -0.496 e. The van der Waals surface area contributed by atoms with Gasteiger partial charge in [-0.05, 0) is 55.0 Å². The van der Waals surface area contributed by atoms with Crippen LogP contribution in [-0.2, 0) is 4.79 Å². The first-order chi connectivity index (χ1) is 24.2. The number of aliphatic carboxylic acids is 1. The van der Waals surface area contributed by atoms with Crippen molar-refractivity contribution >= 4 is 35.6 Å². The number of carboxylic acids is 1. The molecule has 260 valence electrons. The lowest BCUT2D eigenvalue weighted by molar-refractivity contribution is -0.138. The first kappa shape index (κ1) is 37.3. The minimum atomic E-state index is -1.36. The van der Waals surface area contributed by atoms with Gasteiger partial charge in [0.2, 0.25) is 0 Å². The maximum Gasteiger partial charge on any atom is 0.310 e. The summed E-state index contributed by atoms with van der Waals surface area (Å²) in [6.45, 7) is 1.61. The molecule has 1 atom stereocenters. The molecule has 0 aliphatic carbocycles. The highest BCUT2D eigenvalue weighted by atomic mass is 31.1. The molecular weight excluding hydrogens is 655 g/mol. The fraction of sp³-hybridized carbons (Fsp3) is 0.200. The number of methoxy groups -OCH3 is 6. The Kier molecular flexibility index (Phi) is 13.2. The molecule has 5 aromatic carbocycles. The fourth-order valence-electron chi connectivity index (χ4n) is 5.34. The lowest BCUT2D eigenvalue weighted by atomic mass is 9.96. The Labute approximate surface area is 294 Å². The molecule has 1 N–H and O–H groups in total. The highest BCUT2D eigenvalue weighted by Crippen LogP contribution is 2.49. The smallest absolute Gasteiger partial charge is 0.310 e. The van der Waals surface area contributed by atoms with E-state index in [0.29, 0.717) is 51.2 Å². The van der Waals surface area contributed by atoms with Gasteiger partial charge >= 0.3 is 5.97 Å². The van der Waals surface area contributed by atoms with E-state index >= 15 is 0 Å². The van der Waals surface area contributed by atoms with Crippen molar-refractivity contribution in [3.63, 3.8) is 0 Å². The van der Waals surface area contributed by atoms with E-state index < -0.39 is 19.8 Å². The summed E-state index contributed by atoms with van der Waals surface area (Å²) in [7, 11) is 8.51. The van der Waals surface area contributed by atoms with Gasteiger partial charge in [0.15, 0.2) is 5.78 Å². The SMILES string of the molecule is CC(C(=O)O)c1cccc(C(=O)c2ccccc2)c1.COc1cccc(OC)c1P(c1c(OC)cccc1OC)c1c(OC)cccc1OC. The summed E-state index contributed by atoms with van der Waals surface area (Å²) in [6.07, 6.45) is 0. The Morgan fingerprint density at radius 2 is 0.840 bits per heavy atom. The Hall–Kier alpha value is -5.53. The molecule has 0 aliphatic heterocycles. The third-order valence-corrected chi connectivity index (χ3v) is 10.6. The van der Waals surface area contributed by atoms with Crippen molar-refractivity contribution in [2.75, 3.05) is 42.7 Å². The lowest BCUT2D eigenvalue weighted by Crippen LogP contribution is -2.27. The Bertz CT molecular complexity index is 1710. The zero-order valence-electron chi connectivity index (χ0n) is 29.1. The number of ether oxygens (including phenoxy) is 6. The predicted octanol–water partition coefficient (Wildman–Crippen LogP) is 6.60. The van der Waals surface area contributed by atoms with Gasteiger partial charge in [0.1, 0.15) is 34.5 Å². The molecule has 1 unspecified atom stereocenters. The zero-order valence-corrected chi connectivity index (χ0v) is 30.0. The average Bonchev–Trinajstić information content (AvgIpc) is 3.17. The van der Waals surface area contributed by atoms with Crippen LogP contribution in [0.5, 0.6) is 34.5 Å². The number of carbonyl (C=O) groups is 2. The molecule has 0 fully saturated rings. The van der Waals surface area contributed by atoms with Gasteiger partial charge in [-0.25, -0.2) is 0 Å². The molecule has 10 heteroatoms. The quantitative estimate of drug-likeness (QED) is 0.108. The molecule has 5 aromatic rings. The second-order valence-electron chi connectivity index (χ2n) is 10.7. The largest absolute Gasteiger partial charge is 0.496 e. The highest BCUT2D eigenvalue weighted by molar-refractivity contribution is 7.81. The van der Waals surface area contributed by atoms with Crippen LogP contribution in [0.2, 0.25) is 0 Å². The summed E-state index contributed by atoms with van der Waals surface area (Å²) >= 11 is 0. The summed E-state index contributed by atoms with van der Waals surface area (Å²) in [5.74, 6) is 2.50. The molecule has 0 heterocycles. The van der Waals surface area contributed by atoms with E-state index in [0.717, 1.165) is 15.9 Å². The normalized spacial score (nSPS) is 11.0. The van der Waals surface area contributed by atoms with Gasteiger partial charge in [-0.2, -0.15) is 0 Å². The fourth-order valence-corrected chi connectivity index (χ4v) is 8.33. The van der Waals surface area contributed by atoms with E-state index in [2.05, 4.69) is 0 Å². The van der Waals surface area contributed by atoms with Crippen molar-refractivity contribution in [1.29, 1.82) is 0 Å². The zero-order chi connectivity index (χ0) is 36.2. The molecule has 0 amide bonds. The summed E-state index contributed by atoms with van der Waals surface area (Å²) in [4.78, 5) is 23.2. The summed E-state index contributed by atoms with van der Waals surface area (Å²) in [6, 6.07) is 32.9. The van der Waals surface area contributed by atoms with Crippen LogP contribution in [0.15, 0.2) is 109 Å². The number of rotatable bonds is 13. The number of hydrogen-bond donors (Lipinski definition) is 1. The van der Waals surface area contributed by atoms with Gasteiger partial charge in [0, 0.05) is 19.0 Å². The van der Waals surface area contributed by atoms with E-state index in [9.17, 15) is 9.59 Å². The molecule has 0 aromatic heterocycles. The molecule has 5 rings (SSSR count). The first-order valence-electron chi connectivity index (χ1n) is 15.6. The molecule has 0 saturated heterocycles. The Morgan fingerprint density at radius 1 is 0.500 bits per heavy atom. The third-order valence-electron chi connectivity index (χ3n) is 7.93. The van der Waals surface area contributed by atoms with E-state index in [1.165, 1.54) is 0 Å². The van der Waals surface area contributed by atoms with Gasteiger partial charge in [0.05, 0.1) is 64.5 Å². The van der Waals surface area contributed by atoms with E-state index in [-0.39, 0.29) is 5.78 Å². The minimum absolute atomic E-state index is 0.0972.